The Morgan fingerprint density at radius 3 is 2.30 bits per heavy atom. The lowest BCUT2D eigenvalue weighted by atomic mass is 10.2. The molecule has 0 unspecified atom stereocenters. The number of amides is 1. The van der Waals surface area contributed by atoms with Crippen LogP contribution in [0, 0.1) is 0 Å². The van der Waals surface area contributed by atoms with Gasteiger partial charge in [0.1, 0.15) is 0 Å². The molecule has 1 amide bonds. The standard InChI is InChI=1S/C16H16N2O4S/c19-16(17-12-14-4-2-1-3-5-14)11-8-13-6-9-15(10-7-13)18-23(20,21)22/h1-11,18H,12H2,(H,17,19)(H,20,21,22)/b11-8+. The predicted octanol–water partition coefficient (Wildman–Crippen LogP) is 2.23. The molecular formula is C16H16N2O4S. The maximum atomic E-state index is 11.7. The molecule has 0 aliphatic rings. The van der Waals surface area contributed by atoms with E-state index >= 15 is 0 Å². The average Bonchev–Trinajstić information content (AvgIpc) is 2.52. The molecule has 6 nitrogen and oxygen atoms in total. The fourth-order valence-electron chi connectivity index (χ4n) is 1.83. The van der Waals surface area contributed by atoms with Crippen molar-refractivity contribution in [2.24, 2.45) is 0 Å². The van der Waals surface area contributed by atoms with Gasteiger partial charge < -0.3 is 5.32 Å². The normalized spacial score (nSPS) is 11.3. The first-order valence-corrected chi connectivity index (χ1v) is 8.21. The molecule has 7 heteroatoms. The van der Waals surface area contributed by atoms with Crippen molar-refractivity contribution in [1.82, 2.24) is 5.32 Å². The highest BCUT2D eigenvalue weighted by molar-refractivity contribution is 7.87. The molecule has 0 aliphatic heterocycles. The Balaban J connectivity index is 1.88. The van der Waals surface area contributed by atoms with Crippen LogP contribution in [0.4, 0.5) is 5.69 Å². The Bertz CT molecular complexity index is 785. The van der Waals surface area contributed by atoms with Gasteiger partial charge in [0, 0.05) is 12.6 Å². The fraction of sp³-hybridized carbons (Fsp3) is 0.0625. The molecule has 0 heterocycles. The lowest BCUT2D eigenvalue weighted by Gasteiger charge is -2.03. The van der Waals surface area contributed by atoms with Crippen molar-refractivity contribution >= 4 is 28.0 Å². The van der Waals surface area contributed by atoms with Gasteiger partial charge in [0.25, 0.3) is 0 Å². The van der Waals surface area contributed by atoms with Crippen molar-refractivity contribution in [2.75, 3.05) is 4.72 Å². The molecule has 0 spiro atoms. The van der Waals surface area contributed by atoms with E-state index in [-0.39, 0.29) is 11.6 Å². The van der Waals surface area contributed by atoms with E-state index < -0.39 is 10.3 Å². The van der Waals surface area contributed by atoms with E-state index in [1.165, 1.54) is 18.2 Å². The second-order valence-electron chi connectivity index (χ2n) is 4.74. The third-order valence-electron chi connectivity index (χ3n) is 2.89. The van der Waals surface area contributed by atoms with Crippen LogP contribution in [-0.2, 0) is 21.6 Å². The van der Waals surface area contributed by atoms with Gasteiger partial charge in [0.05, 0.1) is 5.69 Å². The van der Waals surface area contributed by atoms with Crippen molar-refractivity contribution < 1.29 is 17.8 Å². The second kappa shape index (κ2) is 7.57. The Hall–Kier alpha value is -2.64. The van der Waals surface area contributed by atoms with Crippen molar-refractivity contribution in [1.29, 1.82) is 0 Å². The minimum atomic E-state index is -4.28. The van der Waals surface area contributed by atoms with Crippen LogP contribution in [-0.4, -0.2) is 18.9 Å². The van der Waals surface area contributed by atoms with E-state index in [1.807, 2.05) is 35.1 Å². The Morgan fingerprint density at radius 2 is 1.70 bits per heavy atom. The second-order valence-corrected chi connectivity index (χ2v) is 5.89. The van der Waals surface area contributed by atoms with Crippen molar-refractivity contribution in [3.05, 3.63) is 71.8 Å². The third kappa shape index (κ3) is 6.33. The zero-order chi connectivity index (χ0) is 16.7. The minimum Gasteiger partial charge on any atom is -0.348 e. The highest BCUT2D eigenvalue weighted by Gasteiger charge is 2.03. The molecular weight excluding hydrogens is 316 g/mol. The zero-order valence-corrected chi connectivity index (χ0v) is 13.0. The summed E-state index contributed by atoms with van der Waals surface area (Å²) in [6.45, 7) is 0.446. The number of rotatable bonds is 6. The molecule has 2 aromatic rings. The summed E-state index contributed by atoms with van der Waals surface area (Å²) in [5, 5.41) is 2.76. The number of carbonyl (C=O) groups is 1. The van der Waals surface area contributed by atoms with Crippen LogP contribution >= 0.6 is 0 Å². The van der Waals surface area contributed by atoms with Gasteiger partial charge in [-0.1, -0.05) is 42.5 Å². The van der Waals surface area contributed by atoms with Crippen LogP contribution in [0.5, 0.6) is 0 Å². The van der Waals surface area contributed by atoms with Crippen molar-refractivity contribution in [2.45, 2.75) is 6.54 Å². The lowest BCUT2D eigenvalue weighted by Crippen LogP contribution is -2.20. The van der Waals surface area contributed by atoms with Gasteiger partial charge in [0.2, 0.25) is 5.91 Å². The van der Waals surface area contributed by atoms with Crippen LogP contribution in [0.3, 0.4) is 0 Å². The summed E-state index contributed by atoms with van der Waals surface area (Å²) < 4.78 is 31.9. The quantitative estimate of drug-likeness (QED) is 0.558. The van der Waals surface area contributed by atoms with Gasteiger partial charge in [-0.3, -0.25) is 14.1 Å². The smallest absolute Gasteiger partial charge is 0.348 e. The molecule has 0 aliphatic carbocycles. The molecule has 0 atom stereocenters. The molecule has 0 radical (unpaired) electrons. The number of anilines is 1. The van der Waals surface area contributed by atoms with E-state index in [4.69, 9.17) is 4.55 Å². The SMILES string of the molecule is O=C(/C=C/c1ccc(NS(=O)(=O)O)cc1)NCc1ccccc1. The third-order valence-corrected chi connectivity index (χ3v) is 3.39. The lowest BCUT2D eigenvalue weighted by molar-refractivity contribution is -0.116. The average molecular weight is 332 g/mol. The molecule has 0 fully saturated rings. The zero-order valence-electron chi connectivity index (χ0n) is 12.1. The minimum absolute atomic E-state index is 0.228. The molecule has 3 N–H and O–H groups in total. The first-order chi connectivity index (χ1) is 10.9. The van der Waals surface area contributed by atoms with Gasteiger partial charge in [-0.05, 0) is 29.3 Å². The number of nitrogens with one attached hydrogen (secondary N) is 2. The molecule has 0 saturated heterocycles. The van der Waals surface area contributed by atoms with E-state index in [0.717, 1.165) is 11.1 Å². The molecule has 2 aromatic carbocycles. The Kier molecular flexibility index (Phi) is 5.51. The van der Waals surface area contributed by atoms with Gasteiger partial charge in [-0.2, -0.15) is 8.42 Å². The number of hydrogen-bond acceptors (Lipinski definition) is 3. The fourth-order valence-corrected chi connectivity index (χ4v) is 2.26. The van der Waals surface area contributed by atoms with Crippen molar-refractivity contribution in [3.63, 3.8) is 0 Å². The largest absolute Gasteiger partial charge is 0.357 e. The van der Waals surface area contributed by atoms with Gasteiger partial charge >= 0.3 is 10.3 Å². The summed E-state index contributed by atoms with van der Waals surface area (Å²) in [5.74, 6) is -0.228. The predicted molar refractivity (Wildman–Crippen MR) is 88.9 cm³/mol. The van der Waals surface area contributed by atoms with Gasteiger partial charge in [-0.15, -0.1) is 0 Å². The topological polar surface area (TPSA) is 95.5 Å². The Labute approximate surface area is 134 Å². The van der Waals surface area contributed by atoms with E-state index in [9.17, 15) is 13.2 Å². The first kappa shape index (κ1) is 16.7. The van der Waals surface area contributed by atoms with Crippen LogP contribution in [0.2, 0.25) is 0 Å². The van der Waals surface area contributed by atoms with Gasteiger partial charge in [-0.25, -0.2) is 0 Å². The van der Waals surface area contributed by atoms with E-state index in [2.05, 4.69) is 5.32 Å². The number of benzene rings is 2. The molecule has 120 valence electrons. The summed E-state index contributed by atoms with van der Waals surface area (Å²) >= 11 is 0. The van der Waals surface area contributed by atoms with Gasteiger partial charge in [0.15, 0.2) is 0 Å². The van der Waals surface area contributed by atoms with Crippen LogP contribution in [0.25, 0.3) is 6.08 Å². The van der Waals surface area contributed by atoms with Crippen LogP contribution in [0.1, 0.15) is 11.1 Å². The maximum Gasteiger partial charge on any atom is 0.357 e. The monoisotopic (exact) mass is 332 g/mol. The Morgan fingerprint density at radius 1 is 1.04 bits per heavy atom. The summed E-state index contributed by atoms with van der Waals surface area (Å²) in [7, 11) is -4.28. The summed E-state index contributed by atoms with van der Waals surface area (Å²) in [5.41, 5.74) is 1.97. The molecule has 2 rings (SSSR count). The molecule has 0 bridgehead atoms. The highest BCUT2D eigenvalue weighted by Crippen LogP contribution is 2.11. The number of hydrogen-bond donors (Lipinski definition) is 3. The molecule has 0 aromatic heterocycles. The molecule has 23 heavy (non-hydrogen) atoms. The van der Waals surface area contributed by atoms with Crippen LogP contribution < -0.4 is 10.0 Å². The van der Waals surface area contributed by atoms with E-state index in [1.54, 1.807) is 18.2 Å². The summed E-state index contributed by atoms with van der Waals surface area (Å²) in [6.07, 6.45) is 3.01. The maximum absolute atomic E-state index is 11.7. The van der Waals surface area contributed by atoms with Crippen LogP contribution in [0.15, 0.2) is 60.7 Å². The first-order valence-electron chi connectivity index (χ1n) is 6.77. The molecule has 0 saturated carbocycles. The highest BCUT2D eigenvalue weighted by atomic mass is 32.2. The van der Waals surface area contributed by atoms with E-state index in [0.29, 0.717) is 6.54 Å². The summed E-state index contributed by atoms with van der Waals surface area (Å²) in [4.78, 5) is 11.7. The number of carbonyl (C=O) groups excluding carboxylic acids is 1. The summed E-state index contributed by atoms with van der Waals surface area (Å²) in [6, 6.07) is 15.8. The van der Waals surface area contributed by atoms with Crippen molar-refractivity contribution in [3.8, 4) is 0 Å².